The Labute approximate surface area is 96.0 Å². The molecule has 0 spiro atoms. The predicted octanol–water partition coefficient (Wildman–Crippen LogP) is 1.90. The van der Waals surface area contributed by atoms with Crippen molar-refractivity contribution in [1.82, 2.24) is 0 Å². The fourth-order valence-corrected chi connectivity index (χ4v) is 1.95. The number of hydrogen-bond acceptors (Lipinski definition) is 3. The smallest absolute Gasteiger partial charge is 0.248 e. The van der Waals surface area contributed by atoms with E-state index in [0.29, 0.717) is 5.69 Å². The third-order valence-corrected chi connectivity index (χ3v) is 3.80. The van der Waals surface area contributed by atoms with Crippen LogP contribution in [-0.4, -0.2) is 13.7 Å². The molecular weight excluding hydrogens is 224 g/mol. The monoisotopic (exact) mass is 238 g/mol. The molecule has 0 amide bonds. The molecule has 0 heterocycles. The van der Waals surface area contributed by atoms with E-state index in [-0.39, 0.29) is 0 Å². The first-order valence-electron chi connectivity index (χ1n) is 4.99. The topological polar surface area (TPSA) is 70.0 Å². The van der Waals surface area contributed by atoms with E-state index in [2.05, 4.69) is 4.72 Å². The first kappa shape index (κ1) is 12.5. The number of benzene rings is 1. The fraction of sp³-hybridized carbons (Fsp3) is 0.364. The largest absolute Gasteiger partial charge is 0.282 e. The summed E-state index contributed by atoms with van der Waals surface area (Å²) >= 11 is 0. The van der Waals surface area contributed by atoms with Crippen LogP contribution in [0.1, 0.15) is 19.4 Å². The van der Waals surface area contributed by atoms with Crippen LogP contribution in [0.4, 0.5) is 5.69 Å². The van der Waals surface area contributed by atoms with Gasteiger partial charge in [0.2, 0.25) is 10.0 Å². The molecule has 0 aliphatic heterocycles. The standard InChI is InChI=1S/C11H14N2O2S/c1-3-10-5-4-6-11(7-10)13-16(14,15)9(2)8-12/h4-7,9,13H,3H2,1-2H3. The third-order valence-electron chi connectivity index (χ3n) is 2.24. The Morgan fingerprint density at radius 2 is 2.19 bits per heavy atom. The zero-order chi connectivity index (χ0) is 12.2. The lowest BCUT2D eigenvalue weighted by molar-refractivity contribution is 0.597. The molecule has 0 bridgehead atoms. The molecule has 0 aliphatic rings. The van der Waals surface area contributed by atoms with Crippen LogP contribution in [0.5, 0.6) is 0 Å². The number of nitriles is 1. The molecule has 0 radical (unpaired) electrons. The lowest BCUT2D eigenvalue weighted by Crippen LogP contribution is -2.23. The molecule has 0 aliphatic carbocycles. The van der Waals surface area contributed by atoms with E-state index in [0.717, 1.165) is 12.0 Å². The van der Waals surface area contributed by atoms with Crippen LogP contribution in [0.25, 0.3) is 0 Å². The third kappa shape index (κ3) is 2.97. The zero-order valence-electron chi connectivity index (χ0n) is 9.27. The average Bonchev–Trinajstić information content (AvgIpc) is 2.27. The maximum atomic E-state index is 11.6. The SMILES string of the molecule is CCc1cccc(NS(=O)(=O)C(C)C#N)c1. The van der Waals surface area contributed by atoms with Gasteiger partial charge in [-0.25, -0.2) is 8.42 Å². The zero-order valence-corrected chi connectivity index (χ0v) is 10.1. The fourth-order valence-electron chi connectivity index (χ4n) is 1.18. The second-order valence-corrected chi connectivity index (χ2v) is 5.47. The first-order chi connectivity index (χ1) is 7.49. The van der Waals surface area contributed by atoms with Gasteiger partial charge >= 0.3 is 0 Å². The van der Waals surface area contributed by atoms with Crippen molar-refractivity contribution in [2.45, 2.75) is 25.5 Å². The van der Waals surface area contributed by atoms with E-state index in [1.807, 2.05) is 13.0 Å². The van der Waals surface area contributed by atoms with E-state index < -0.39 is 15.3 Å². The second kappa shape index (κ2) is 4.99. The van der Waals surface area contributed by atoms with Crippen LogP contribution < -0.4 is 4.72 Å². The van der Waals surface area contributed by atoms with Crippen molar-refractivity contribution < 1.29 is 8.42 Å². The molecule has 1 unspecified atom stereocenters. The van der Waals surface area contributed by atoms with Gasteiger partial charge in [-0.2, -0.15) is 5.26 Å². The molecule has 1 aromatic carbocycles. The summed E-state index contributed by atoms with van der Waals surface area (Å²) in [7, 11) is -3.60. The molecule has 0 saturated carbocycles. The molecule has 1 aromatic rings. The van der Waals surface area contributed by atoms with Gasteiger partial charge in [0, 0.05) is 5.69 Å². The van der Waals surface area contributed by atoms with Gasteiger partial charge in [0.25, 0.3) is 0 Å². The van der Waals surface area contributed by atoms with Gasteiger partial charge in [0.15, 0.2) is 5.25 Å². The van der Waals surface area contributed by atoms with E-state index in [9.17, 15) is 8.42 Å². The summed E-state index contributed by atoms with van der Waals surface area (Å²) in [6.45, 7) is 3.34. The van der Waals surface area contributed by atoms with Crippen LogP contribution in [0.2, 0.25) is 0 Å². The summed E-state index contributed by atoms with van der Waals surface area (Å²) < 4.78 is 25.6. The Morgan fingerprint density at radius 3 is 2.75 bits per heavy atom. The average molecular weight is 238 g/mol. The van der Waals surface area contributed by atoms with Crippen molar-refractivity contribution in [3.8, 4) is 6.07 Å². The number of aryl methyl sites for hydroxylation is 1. The van der Waals surface area contributed by atoms with Crippen LogP contribution in [0.15, 0.2) is 24.3 Å². The molecular formula is C11H14N2O2S. The number of nitrogens with one attached hydrogen (secondary N) is 1. The van der Waals surface area contributed by atoms with Crippen molar-refractivity contribution >= 4 is 15.7 Å². The molecule has 1 N–H and O–H groups in total. The highest BCUT2D eigenvalue weighted by molar-refractivity contribution is 7.93. The summed E-state index contributed by atoms with van der Waals surface area (Å²) in [5.41, 5.74) is 1.55. The Balaban J connectivity index is 2.93. The Morgan fingerprint density at radius 1 is 1.50 bits per heavy atom. The second-order valence-electron chi connectivity index (χ2n) is 3.47. The molecule has 1 atom stereocenters. The van der Waals surface area contributed by atoms with Crippen LogP contribution in [0, 0.1) is 11.3 Å². The van der Waals surface area contributed by atoms with Crippen LogP contribution >= 0.6 is 0 Å². The number of hydrogen-bond donors (Lipinski definition) is 1. The Bertz CT molecular complexity index is 503. The van der Waals surface area contributed by atoms with Gasteiger partial charge < -0.3 is 0 Å². The number of rotatable bonds is 4. The molecule has 1 rings (SSSR count). The van der Waals surface area contributed by atoms with Gasteiger partial charge in [-0.3, -0.25) is 4.72 Å². The number of sulfonamides is 1. The van der Waals surface area contributed by atoms with Gasteiger partial charge in [-0.05, 0) is 31.0 Å². The van der Waals surface area contributed by atoms with Crippen molar-refractivity contribution in [2.24, 2.45) is 0 Å². The van der Waals surface area contributed by atoms with Gasteiger partial charge in [0.1, 0.15) is 0 Å². The van der Waals surface area contributed by atoms with E-state index in [1.165, 1.54) is 6.92 Å². The minimum absolute atomic E-state index is 0.501. The summed E-state index contributed by atoms with van der Waals surface area (Å²) in [5, 5.41) is 7.52. The minimum atomic E-state index is -3.60. The predicted molar refractivity (Wildman–Crippen MR) is 63.4 cm³/mol. The van der Waals surface area contributed by atoms with Gasteiger partial charge in [-0.15, -0.1) is 0 Å². The van der Waals surface area contributed by atoms with Crippen LogP contribution in [0.3, 0.4) is 0 Å². The number of anilines is 1. The molecule has 0 fully saturated rings. The normalized spacial score (nSPS) is 12.8. The quantitative estimate of drug-likeness (QED) is 0.871. The highest BCUT2D eigenvalue weighted by Gasteiger charge is 2.19. The van der Waals surface area contributed by atoms with Gasteiger partial charge in [-0.1, -0.05) is 19.1 Å². The van der Waals surface area contributed by atoms with E-state index >= 15 is 0 Å². The summed E-state index contributed by atoms with van der Waals surface area (Å²) in [4.78, 5) is 0. The highest BCUT2D eigenvalue weighted by Crippen LogP contribution is 2.14. The van der Waals surface area contributed by atoms with E-state index in [4.69, 9.17) is 5.26 Å². The molecule has 16 heavy (non-hydrogen) atoms. The maximum absolute atomic E-state index is 11.6. The maximum Gasteiger partial charge on any atom is 0.248 e. The lowest BCUT2D eigenvalue weighted by Gasteiger charge is -2.09. The molecule has 0 saturated heterocycles. The van der Waals surface area contributed by atoms with Crippen LogP contribution in [-0.2, 0) is 16.4 Å². The van der Waals surface area contributed by atoms with Crippen molar-refractivity contribution in [1.29, 1.82) is 5.26 Å². The molecule has 4 nitrogen and oxygen atoms in total. The summed E-state index contributed by atoms with van der Waals surface area (Å²) in [6, 6.07) is 8.84. The molecule has 86 valence electrons. The summed E-state index contributed by atoms with van der Waals surface area (Å²) in [6.07, 6.45) is 0.837. The lowest BCUT2D eigenvalue weighted by atomic mass is 10.1. The number of nitrogens with zero attached hydrogens (tertiary/aromatic N) is 1. The highest BCUT2D eigenvalue weighted by atomic mass is 32.2. The van der Waals surface area contributed by atoms with Crippen molar-refractivity contribution in [2.75, 3.05) is 4.72 Å². The molecule has 5 heteroatoms. The summed E-state index contributed by atoms with van der Waals surface area (Å²) in [5.74, 6) is 0. The van der Waals surface area contributed by atoms with Gasteiger partial charge in [0.05, 0.1) is 6.07 Å². The van der Waals surface area contributed by atoms with Crippen molar-refractivity contribution in [3.63, 3.8) is 0 Å². The minimum Gasteiger partial charge on any atom is -0.282 e. The Kier molecular flexibility index (Phi) is 3.91. The molecule has 0 aromatic heterocycles. The Hall–Kier alpha value is -1.54. The van der Waals surface area contributed by atoms with E-state index in [1.54, 1.807) is 24.3 Å². The van der Waals surface area contributed by atoms with Crippen molar-refractivity contribution in [3.05, 3.63) is 29.8 Å². The first-order valence-corrected chi connectivity index (χ1v) is 6.54.